The van der Waals surface area contributed by atoms with E-state index >= 15 is 0 Å². The van der Waals surface area contributed by atoms with Crippen molar-refractivity contribution in [2.75, 3.05) is 0 Å². The molecule has 0 aromatic heterocycles. The molecule has 1 atom stereocenters. The molecule has 0 saturated carbocycles. The molecule has 0 N–H and O–H groups in total. The molecule has 1 heterocycles. The van der Waals surface area contributed by atoms with Crippen LogP contribution >= 0.6 is 0 Å². The normalized spacial score (nSPS) is 25.5. The molecule has 0 aromatic carbocycles. The Morgan fingerprint density at radius 2 is 2.50 bits per heavy atom. The van der Waals surface area contributed by atoms with Gasteiger partial charge in [0, 0.05) is 0 Å². The predicted octanol–water partition coefficient (Wildman–Crippen LogP) is 1.17. The fraction of sp³-hybridized carbons (Fsp3) is 0. The van der Waals surface area contributed by atoms with E-state index in [1.54, 1.807) is 11.1 Å². The molecule has 1 rings (SSSR count). The SMILES string of the molecule is C=CC1=CC=C[Se]1=O. The van der Waals surface area contributed by atoms with Crippen LogP contribution in [0.25, 0.3) is 0 Å². The Labute approximate surface area is 52.5 Å². The maximum absolute atomic E-state index is 10.8. The molecule has 0 fully saturated rings. The van der Waals surface area contributed by atoms with Gasteiger partial charge >= 0.3 is 51.9 Å². The molecule has 8 heavy (non-hydrogen) atoms. The zero-order valence-corrected chi connectivity index (χ0v) is 6.05. The van der Waals surface area contributed by atoms with Crippen LogP contribution in [0, 0.1) is 0 Å². The van der Waals surface area contributed by atoms with Gasteiger partial charge < -0.3 is 0 Å². The van der Waals surface area contributed by atoms with Crippen LogP contribution in [0.2, 0.25) is 0 Å². The third kappa shape index (κ3) is 0.857. The molecule has 0 aromatic rings. The molecule has 0 radical (unpaired) electrons. The monoisotopic (exact) mass is 174 g/mol. The van der Waals surface area contributed by atoms with E-state index in [-0.39, 0.29) is 0 Å². The van der Waals surface area contributed by atoms with Gasteiger partial charge in [0.15, 0.2) is 0 Å². The Kier molecular flexibility index (Phi) is 1.56. The van der Waals surface area contributed by atoms with E-state index in [2.05, 4.69) is 6.58 Å². The van der Waals surface area contributed by atoms with Crippen LogP contribution in [-0.2, 0) is 3.83 Å². The molecule has 0 aliphatic carbocycles. The summed E-state index contributed by atoms with van der Waals surface area (Å²) in [5, 5.41) is 0. The molecule has 0 amide bonds. The summed E-state index contributed by atoms with van der Waals surface area (Å²) in [5.74, 6) is 0. The van der Waals surface area contributed by atoms with Crippen molar-refractivity contribution in [2.45, 2.75) is 0 Å². The van der Waals surface area contributed by atoms with Gasteiger partial charge in [-0.25, -0.2) is 0 Å². The number of rotatable bonds is 1. The van der Waals surface area contributed by atoms with Crippen molar-refractivity contribution in [3.63, 3.8) is 0 Å². The number of hydrogen-bond donors (Lipinski definition) is 0. The Hall–Kier alpha value is -0.461. The summed E-state index contributed by atoms with van der Waals surface area (Å²) in [6.45, 7) is 3.52. The molecule has 1 aliphatic rings. The summed E-state index contributed by atoms with van der Waals surface area (Å²) in [6, 6.07) is 0. The van der Waals surface area contributed by atoms with Crippen LogP contribution in [0.4, 0.5) is 0 Å². The predicted molar refractivity (Wildman–Crippen MR) is 33.9 cm³/mol. The van der Waals surface area contributed by atoms with Crippen LogP contribution in [0.3, 0.4) is 0 Å². The standard InChI is InChI=1S/C6H6OSe/c1-2-6-4-3-5-8(6)7/h2-5H,1H2. The average molecular weight is 173 g/mol. The van der Waals surface area contributed by atoms with Crippen molar-refractivity contribution >= 4 is 13.8 Å². The third-order valence-corrected chi connectivity index (χ3v) is 3.35. The first-order valence-electron chi connectivity index (χ1n) is 2.26. The van der Waals surface area contributed by atoms with E-state index in [9.17, 15) is 3.83 Å². The minimum absolute atomic E-state index is 0.894. The quantitative estimate of drug-likeness (QED) is 0.544. The van der Waals surface area contributed by atoms with Crippen LogP contribution in [-0.4, -0.2) is 13.8 Å². The Bertz CT molecular complexity index is 189. The number of allylic oxidation sites excluding steroid dienone is 4. The molecule has 0 saturated heterocycles. The van der Waals surface area contributed by atoms with Gasteiger partial charge in [0.25, 0.3) is 0 Å². The van der Waals surface area contributed by atoms with Crippen LogP contribution in [0.1, 0.15) is 0 Å². The van der Waals surface area contributed by atoms with Gasteiger partial charge in [-0.3, -0.25) is 0 Å². The zero-order valence-electron chi connectivity index (χ0n) is 4.33. The summed E-state index contributed by atoms with van der Waals surface area (Å²) in [6.07, 6.45) is 5.30. The van der Waals surface area contributed by atoms with Crippen molar-refractivity contribution < 1.29 is 3.83 Å². The van der Waals surface area contributed by atoms with Gasteiger partial charge in [0.2, 0.25) is 0 Å². The topological polar surface area (TPSA) is 17.1 Å². The van der Waals surface area contributed by atoms with Gasteiger partial charge in [-0.15, -0.1) is 0 Å². The first kappa shape index (κ1) is 5.67. The molecule has 1 aliphatic heterocycles. The molecule has 0 spiro atoms. The van der Waals surface area contributed by atoms with E-state index in [1.165, 1.54) is 0 Å². The fourth-order valence-electron chi connectivity index (χ4n) is 0.501. The Balaban J connectivity index is 2.88. The van der Waals surface area contributed by atoms with Crippen LogP contribution in [0.15, 0.2) is 34.3 Å². The second-order valence-electron chi connectivity index (χ2n) is 1.40. The molecule has 42 valence electrons. The summed E-state index contributed by atoms with van der Waals surface area (Å²) < 4.78 is 11.7. The Morgan fingerprint density at radius 1 is 1.75 bits per heavy atom. The van der Waals surface area contributed by atoms with E-state index in [0.717, 1.165) is 4.47 Å². The van der Waals surface area contributed by atoms with Gasteiger partial charge in [0.05, 0.1) is 0 Å². The van der Waals surface area contributed by atoms with Gasteiger partial charge in [-0.1, -0.05) is 0 Å². The second-order valence-corrected chi connectivity index (χ2v) is 4.21. The first-order valence-corrected chi connectivity index (χ1v) is 4.80. The average Bonchev–Trinajstić information content (AvgIpc) is 2.14. The van der Waals surface area contributed by atoms with Crippen molar-refractivity contribution in [1.29, 1.82) is 0 Å². The number of hydrogen-bond acceptors (Lipinski definition) is 1. The van der Waals surface area contributed by atoms with Crippen molar-refractivity contribution in [1.82, 2.24) is 0 Å². The van der Waals surface area contributed by atoms with E-state index in [0.29, 0.717) is 0 Å². The summed E-state index contributed by atoms with van der Waals surface area (Å²) in [4.78, 5) is 1.73. The molecule has 1 unspecified atom stereocenters. The molecular formula is C6H6OSe. The van der Waals surface area contributed by atoms with Crippen LogP contribution in [0.5, 0.6) is 0 Å². The van der Waals surface area contributed by atoms with Crippen LogP contribution < -0.4 is 0 Å². The van der Waals surface area contributed by atoms with Gasteiger partial charge in [-0.2, -0.15) is 0 Å². The van der Waals surface area contributed by atoms with Crippen molar-refractivity contribution in [3.8, 4) is 0 Å². The van der Waals surface area contributed by atoms with Gasteiger partial charge in [-0.05, 0) is 0 Å². The Morgan fingerprint density at radius 3 is 2.75 bits per heavy atom. The molecule has 0 bridgehead atoms. The zero-order chi connectivity index (χ0) is 5.98. The molecule has 2 heteroatoms. The van der Waals surface area contributed by atoms with E-state index < -0.39 is 13.8 Å². The summed E-state index contributed by atoms with van der Waals surface area (Å²) in [5.41, 5.74) is 0. The maximum atomic E-state index is 10.8. The fourth-order valence-corrected chi connectivity index (χ4v) is 2.09. The van der Waals surface area contributed by atoms with E-state index in [4.69, 9.17) is 0 Å². The molecular weight excluding hydrogens is 167 g/mol. The minimum atomic E-state index is -1.73. The summed E-state index contributed by atoms with van der Waals surface area (Å²) in [7, 11) is 0. The third-order valence-electron chi connectivity index (χ3n) is 0.896. The van der Waals surface area contributed by atoms with Gasteiger partial charge in [0.1, 0.15) is 0 Å². The van der Waals surface area contributed by atoms with E-state index in [1.807, 2.05) is 12.2 Å². The molecule has 1 nitrogen and oxygen atoms in total. The summed E-state index contributed by atoms with van der Waals surface area (Å²) >= 11 is -1.73. The second kappa shape index (κ2) is 2.21. The first-order chi connectivity index (χ1) is 3.84. The van der Waals surface area contributed by atoms with Crippen molar-refractivity contribution in [2.24, 2.45) is 0 Å². The van der Waals surface area contributed by atoms with Crippen molar-refractivity contribution in [3.05, 3.63) is 34.3 Å².